The molecule has 0 aliphatic carbocycles. The van der Waals surface area contributed by atoms with E-state index in [2.05, 4.69) is 47.5 Å². The number of nitrogens with two attached hydrogens (primary N) is 1. The van der Waals surface area contributed by atoms with Gasteiger partial charge in [-0.25, -0.2) is 0 Å². The van der Waals surface area contributed by atoms with Gasteiger partial charge in [-0.1, -0.05) is 30.3 Å². The van der Waals surface area contributed by atoms with E-state index in [1.54, 1.807) is 0 Å². The molecule has 0 atom stereocenters. The third-order valence-corrected chi connectivity index (χ3v) is 2.84. The zero-order chi connectivity index (χ0) is 12.8. The van der Waals surface area contributed by atoms with E-state index >= 15 is 0 Å². The quantitative estimate of drug-likeness (QED) is 0.833. The highest BCUT2D eigenvalue weighted by Gasteiger charge is 2.02. The first-order chi connectivity index (χ1) is 8.78. The summed E-state index contributed by atoms with van der Waals surface area (Å²) in [6, 6.07) is 10.4. The monoisotopic (exact) mass is 244 g/mol. The van der Waals surface area contributed by atoms with Gasteiger partial charge in [-0.3, -0.25) is 4.68 Å². The number of benzene rings is 1. The Labute approximate surface area is 108 Å². The van der Waals surface area contributed by atoms with Crippen molar-refractivity contribution in [2.24, 2.45) is 5.73 Å². The van der Waals surface area contributed by atoms with Gasteiger partial charge in [0.1, 0.15) is 0 Å². The number of nitrogens with zero attached hydrogens (tertiary/aromatic N) is 3. The summed E-state index contributed by atoms with van der Waals surface area (Å²) >= 11 is 0. The van der Waals surface area contributed by atoms with Crippen molar-refractivity contribution in [2.75, 3.05) is 20.1 Å². The first-order valence-electron chi connectivity index (χ1n) is 6.22. The predicted molar refractivity (Wildman–Crippen MR) is 73.2 cm³/mol. The van der Waals surface area contributed by atoms with Crippen molar-refractivity contribution in [2.45, 2.75) is 13.1 Å². The molecule has 0 saturated carbocycles. The van der Waals surface area contributed by atoms with Crippen LogP contribution in [-0.4, -0.2) is 34.8 Å². The van der Waals surface area contributed by atoms with Crippen LogP contribution in [0.15, 0.2) is 42.7 Å². The van der Waals surface area contributed by atoms with Gasteiger partial charge in [0.15, 0.2) is 0 Å². The molecule has 0 aliphatic heterocycles. The Morgan fingerprint density at radius 1 is 1.22 bits per heavy atom. The van der Waals surface area contributed by atoms with Crippen LogP contribution < -0.4 is 5.73 Å². The Kier molecular flexibility index (Phi) is 4.50. The molecule has 96 valence electrons. The fourth-order valence-corrected chi connectivity index (χ4v) is 1.96. The van der Waals surface area contributed by atoms with E-state index in [0.717, 1.165) is 19.6 Å². The molecule has 0 amide bonds. The van der Waals surface area contributed by atoms with Gasteiger partial charge in [-0.05, 0) is 12.6 Å². The van der Waals surface area contributed by atoms with E-state index in [1.165, 1.54) is 11.1 Å². The maximum atomic E-state index is 5.53. The topological polar surface area (TPSA) is 47.1 Å². The van der Waals surface area contributed by atoms with Crippen molar-refractivity contribution in [1.82, 2.24) is 14.7 Å². The summed E-state index contributed by atoms with van der Waals surface area (Å²) in [5.74, 6) is 0. The SMILES string of the molecule is CN(CCN)Cc1cnn(Cc2ccccc2)c1. The van der Waals surface area contributed by atoms with E-state index in [-0.39, 0.29) is 0 Å². The van der Waals surface area contributed by atoms with Gasteiger partial charge in [-0.15, -0.1) is 0 Å². The van der Waals surface area contributed by atoms with Crippen LogP contribution in [0.4, 0.5) is 0 Å². The summed E-state index contributed by atoms with van der Waals surface area (Å²) in [5.41, 5.74) is 8.02. The smallest absolute Gasteiger partial charge is 0.0659 e. The fourth-order valence-electron chi connectivity index (χ4n) is 1.96. The van der Waals surface area contributed by atoms with Crippen LogP contribution in [0.3, 0.4) is 0 Å². The molecule has 0 aliphatic rings. The summed E-state index contributed by atoms with van der Waals surface area (Å²) in [6.45, 7) is 3.31. The van der Waals surface area contributed by atoms with Crippen LogP contribution in [0.25, 0.3) is 0 Å². The van der Waals surface area contributed by atoms with Crippen molar-refractivity contribution in [1.29, 1.82) is 0 Å². The Hall–Kier alpha value is -1.65. The molecule has 2 aromatic rings. The second kappa shape index (κ2) is 6.33. The van der Waals surface area contributed by atoms with Gasteiger partial charge < -0.3 is 10.6 Å². The minimum atomic E-state index is 0.689. The molecular weight excluding hydrogens is 224 g/mol. The molecular formula is C14H20N4. The number of likely N-dealkylation sites (N-methyl/N-ethyl adjacent to an activating group) is 1. The highest BCUT2D eigenvalue weighted by atomic mass is 15.3. The lowest BCUT2D eigenvalue weighted by Gasteiger charge is -2.13. The Balaban J connectivity index is 1.94. The van der Waals surface area contributed by atoms with Crippen LogP contribution in [0.5, 0.6) is 0 Å². The van der Waals surface area contributed by atoms with Crippen molar-refractivity contribution in [3.05, 3.63) is 53.9 Å². The highest BCUT2D eigenvalue weighted by molar-refractivity contribution is 5.15. The number of aromatic nitrogens is 2. The molecule has 4 nitrogen and oxygen atoms in total. The van der Waals surface area contributed by atoms with E-state index in [0.29, 0.717) is 6.54 Å². The molecule has 2 rings (SSSR count). The van der Waals surface area contributed by atoms with Crippen molar-refractivity contribution < 1.29 is 0 Å². The van der Waals surface area contributed by atoms with Gasteiger partial charge in [0.25, 0.3) is 0 Å². The van der Waals surface area contributed by atoms with Crippen LogP contribution in [0.1, 0.15) is 11.1 Å². The summed E-state index contributed by atoms with van der Waals surface area (Å²) in [5, 5.41) is 4.38. The lowest BCUT2D eigenvalue weighted by atomic mass is 10.2. The first kappa shape index (κ1) is 12.8. The number of hydrogen-bond donors (Lipinski definition) is 1. The average molecular weight is 244 g/mol. The standard InChI is InChI=1S/C14H20N4/c1-17(8-7-15)10-14-9-16-18(12-14)11-13-5-3-2-4-6-13/h2-6,9,12H,7-8,10-11,15H2,1H3. The van der Waals surface area contributed by atoms with Gasteiger partial charge in [-0.2, -0.15) is 5.10 Å². The largest absolute Gasteiger partial charge is 0.329 e. The summed E-state index contributed by atoms with van der Waals surface area (Å²) in [4.78, 5) is 2.20. The van der Waals surface area contributed by atoms with Crippen LogP contribution >= 0.6 is 0 Å². The molecule has 1 heterocycles. The van der Waals surface area contributed by atoms with Crippen molar-refractivity contribution in [3.63, 3.8) is 0 Å². The fraction of sp³-hybridized carbons (Fsp3) is 0.357. The van der Waals surface area contributed by atoms with Gasteiger partial charge in [0, 0.05) is 31.4 Å². The molecule has 2 N–H and O–H groups in total. The Morgan fingerprint density at radius 2 is 2.00 bits per heavy atom. The summed E-state index contributed by atoms with van der Waals surface area (Å²) in [6.07, 6.45) is 4.02. The van der Waals surface area contributed by atoms with Gasteiger partial charge >= 0.3 is 0 Å². The van der Waals surface area contributed by atoms with E-state index in [1.807, 2.05) is 16.9 Å². The molecule has 1 aromatic carbocycles. The van der Waals surface area contributed by atoms with E-state index in [4.69, 9.17) is 5.73 Å². The van der Waals surface area contributed by atoms with Gasteiger partial charge in [0.05, 0.1) is 12.7 Å². The van der Waals surface area contributed by atoms with E-state index in [9.17, 15) is 0 Å². The summed E-state index contributed by atoms with van der Waals surface area (Å²) in [7, 11) is 2.07. The molecule has 0 radical (unpaired) electrons. The minimum Gasteiger partial charge on any atom is -0.329 e. The zero-order valence-corrected chi connectivity index (χ0v) is 10.8. The van der Waals surface area contributed by atoms with Crippen LogP contribution in [0, 0.1) is 0 Å². The third kappa shape index (κ3) is 3.68. The van der Waals surface area contributed by atoms with Crippen LogP contribution in [0.2, 0.25) is 0 Å². The lowest BCUT2D eigenvalue weighted by Crippen LogP contribution is -2.24. The van der Waals surface area contributed by atoms with Crippen molar-refractivity contribution >= 4 is 0 Å². The molecule has 0 spiro atoms. The molecule has 1 aromatic heterocycles. The summed E-state index contributed by atoms with van der Waals surface area (Å²) < 4.78 is 1.97. The Bertz CT molecular complexity index is 464. The molecule has 18 heavy (non-hydrogen) atoms. The highest BCUT2D eigenvalue weighted by Crippen LogP contribution is 2.05. The Morgan fingerprint density at radius 3 is 2.72 bits per heavy atom. The number of rotatable bonds is 6. The zero-order valence-electron chi connectivity index (χ0n) is 10.8. The second-order valence-corrected chi connectivity index (χ2v) is 4.56. The molecule has 0 saturated heterocycles. The predicted octanol–water partition coefficient (Wildman–Crippen LogP) is 1.32. The lowest BCUT2D eigenvalue weighted by molar-refractivity contribution is 0.336. The van der Waals surface area contributed by atoms with Gasteiger partial charge in [0.2, 0.25) is 0 Å². The third-order valence-electron chi connectivity index (χ3n) is 2.84. The second-order valence-electron chi connectivity index (χ2n) is 4.56. The molecule has 0 bridgehead atoms. The minimum absolute atomic E-state index is 0.689. The average Bonchev–Trinajstić information content (AvgIpc) is 2.78. The maximum Gasteiger partial charge on any atom is 0.0659 e. The molecule has 0 fully saturated rings. The van der Waals surface area contributed by atoms with Crippen molar-refractivity contribution in [3.8, 4) is 0 Å². The normalized spacial score (nSPS) is 11.1. The van der Waals surface area contributed by atoms with Crippen LogP contribution in [-0.2, 0) is 13.1 Å². The molecule has 4 heteroatoms. The molecule has 0 unspecified atom stereocenters. The maximum absolute atomic E-state index is 5.53. The number of hydrogen-bond acceptors (Lipinski definition) is 3. The van der Waals surface area contributed by atoms with E-state index < -0.39 is 0 Å². The first-order valence-corrected chi connectivity index (χ1v) is 6.22.